The minimum Gasteiger partial charge on any atom is -0.490 e. The van der Waals surface area contributed by atoms with Crippen LogP contribution in [-0.4, -0.2) is 67.6 Å². The number of hydrogen-bond acceptors (Lipinski definition) is 9. The molecule has 1 aromatic heterocycles. The van der Waals surface area contributed by atoms with Crippen molar-refractivity contribution in [1.82, 2.24) is 9.97 Å². The van der Waals surface area contributed by atoms with E-state index < -0.39 is 27.2 Å². The number of aryl methyl sites for hydroxylation is 1. The number of fused-ring (bicyclic) bond motifs is 3. The smallest absolute Gasteiger partial charge is 0.337 e. The van der Waals surface area contributed by atoms with E-state index in [-0.39, 0.29) is 34.2 Å². The molecule has 11 heteroatoms. The minimum atomic E-state index is -3.66. The molecule has 0 radical (unpaired) electrons. The van der Waals surface area contributed by atoms with E-state index in [1.807, 2.05) is 31.2 Å². The lowest BCUT2D eigenvalue weighted by Crippen LogP contribution is -2.49. The van der Waals surface area contributed by atoms with E-state index in [1.54, 1.807) is 12.1 Å². The number of sulfone groups is 1. The molecule has 9 nitrogen and oxygen atoms in total. The maximum Gasteiger partial charge on any atom is 0.337 e. The number of aliphatic hydroxyl groups excluding tert-OH is 1. The Kier molecular flexibility index (Phi) is 9.98. The molecule has 2 heterocycles. The molecule has 1 unspecified atom stereocenters. The number of rotatable bonds is 8. The van der Waals surface area contributed by atoms with Gasteiger partial charge in [-0.3, -0.25) is 0 Å². The number of nitrogens with zero attached hydrogens (tertiary/aromatic N) is 3. The van der Waals surface area contributed by atoms with E-state index in [0.717, 1.165) is 68.0 Å². The third-order valence-corrected chi connectivity index (χ3v) is 14.3. The maximum absolute atomic E-state index is 13.4. The third kappa shape index (κ3) is 6.66. The van der Waals surface area contributed by atoms with E-state index in [0.29, 0.717) is 25.1 Å². The zero-order valence-corrected chi connectivity index (χ0v) is 30.3. The fourth-order valence-electron chi connectivity index (χ4n) is 8.95. The van der Waals surface area contributed by atoms with E-state index in [1.165, 1.54) is 30.6 Å². The van der Waals surface area contributed by atoms with Crippen LogP contribution in [0.1, 0.15) is 73.4 Å². The summed E-state index contributed by atoms with van der Waals surface area (Å²) >= 11 is 6.43. The summed E-state index contributed by atoms with van der Waals surface area (Å²) < 4.78 is 38.5. The molecule has 1 N–H and O–H groups in total. The lowest BCUT2D eigenvalue weighted by atomic mass is 9.68. The van der Waals surface area contributed by atoms with Crippen LogP contribution < -0.4 is 9.64 Å². The predicted molar refractivity (Wildman–Crippen MR) is 192 cm³/mol. The molecule has 2 saturated carbocycles. The number of carbonyl (C=O) groups is 1. The van der Waals surface area contributed by atoms with Crippen molar-refractivity contribution in [2.75, 3.05) is 31.7 Å². The molecule has 7 rings (SSSR count). The van der Waals surface area contributed by atoms with Crippen LogP contribution in [0.3, 0.4) is 0 Å². The van der Waals surface area contributed by atoms with Gasteiger partial charge < -0.3 is 19.5 Å². The second kappa shape index (κ2) is 14.3. The fourth-order valence-corrected chi connectivity index (χ4v) is 11.1. The summed E-state index contributed by atoms with van der Waals surface area (Å²) in [6, 6.07) is 13.3. The second-order valence-electron chi connectivity index (χ2n) is 14.7. The SMILES string of the molecule is COC(=O)c1ccc2c(c1)N(C[C@@H]1CC[C@H]1[C@@H](O)/C=C/[C@@H]1CCC[C@@H](S(=O)(=O)c3ncccn3)[C@H]1C)CC1(CCCc3cc(Cl)ccc31)CO2. The predicted octanol–water partition coefficient (Wildman–Crippen LogP) is 6.61. The molecule has 0 amide bonds. The number of allylic oxidation sites excluding steroid dienone is 1. The Bertz CT molecular complexity index is 1860. The van der Waals surface area contributed by atoms with E-state index in [4.69, 9.17) is 21.1 Å². The van der Waals surface area contributed by atoms with Crippen molar-refractivity contribution in [2.45, 2.75) is 80.2 Å². The zero-order valence-electron chi connectivity index (χ0n) is 28.7. The Hall–Kier alpha value is -3.47. The van der Waals surface area contributed by atoms with Crippen molar-refractivity contribution in [3.05, 3.63) is 88.7 Å². The van der Waals surface area contributed by atoms with Gasteiger partial charge in [-0.2, -0.15) is 0 Å². The normalized spacial score (nSPS) is 28.6. The molecular weight excluding hydrogens is 674 g/mol. The lowest BCUT2D eigenvalue weighted by molar-refractivity contribution is 0.0452. The van der Waals surface area contributed by atoms with Gasteiger partial charge in [-0.15, -0.1) is 0 Å². The highest BCUT2D eigenvalue weighted by Crippen LogP contribution is 2.47. The van der Waals surface area contributed by atoms with Gasteiger partial charge in [0.25, 0.3) is 0 Å². The van der Waals surface area contributed by atoms with Crippen molar-refractivity contribution in [3.8, 4) is 5.75 Å². The highest BCUT2D eigenvalue weighted by molar-refractivity contribution is 7.91. The largest absolute Gasteiger partial charge is 0.490 e. The zero-order chi connectivity index (χ0) is 35.0. The van der Waals surface area contributed by atoms with Crippen molar-refractivity contribution in [1.29, 1.82) is 0 Å². The summed E-state index contributed by atoms with van der Waals surface area (Å²) in [5, 5.41) is 11.6. The molecule has 4 aliphatic rings. The molecule has 50 heavy (non-hydrogen) atoms. The van der Waals surface area contributed by atoms with Crippen LogP contribution in [0, 0.1) is 23.7 Å². The number of hydrogen-bond donors (Lipinski definition) is 1. The number of aliphatic hydroxyl groups is 1. The number of methoxy groups -OCH3 is 1. The monoisotopic (exact) mass is 719 g/mol. The minimum absolute atomic E-state index is 0.0338. The maximum atomic E-state index is 13.4. The average Bonchev–Trinajstić information content (AvgIpc) is 3.26. The Balaban J connectivity index is 1.11. The fraction of sp³-hybridized carbons (Fsp3) is 0.513. The van der Waals surface area contributed by atoms with Crippen LogP contribution in [0.15, 0.2) is 72.2 Å². The topological polar surface area (TPSA) is 119 Å². The van der Waals surface area contributed by atoms with Crippen LogP contribution in [0.25, 0.3) is 0 Å². The van der Waals surface area contributed by atoms with Gasteiger partial charge in [0.05, 0.1) is 36.3 Å². The summed E-state index contributed by atoms with van der Waals surface area (Å²) in [6.07, 6.45) is 13.4. The summed E-state index contributed by atoms with van der Waals surface area (Å²) in [5.41, 5.74) is 3.62. The van der Waals surface area contributed by atoms with Gasteiger partial charge in [0.1, 0.15) is 5.75 Å². The van der Waals surface area contributed by atoms with Gasteiger partial charge in [-0.1, -0.05) is 43.2 Å². The lowest BCUT2D eigenvalue weighted by Gasteiger charge is -2.45. The van der Waals surface area contributed by atoms with Crippen molar-refractivity contribution >= 4 is 33.1 Å². The first kappa shape index (κ1) is 35.0. The molecule has 1 spiro atoms. The summed E-state index contributed by atoms with van der Waals surface area (Å²) in [7, 11) is -2.27. The van der Waals surface area contributed by atoms with Gasteiger partial charge in [-0.05, 0) is 116 Å². The Morgan fingerprint density at radius 1 is 1.14 bits per heavy atom. The highest BCUT2D eigenvalue weighted by atomic mass is 35.5. The molecule has 3 aromatic rings. The van der Waals surface area contributed by atoms with E-state index >= 15 is 0 Å². The van der Waals surface area contributed by atoms with E-state index in [9.17, 15) is 18.3 Å². The van der Waals surface area contributed by atoms with Crippen LogP contribution in [-0.2, 0) is 26.4 Å². The van der Waals surface area contributed by atoms with Crippen molar-refractivity contribution in [3.63, 3.8) is 0 Å². The van der Waals surface area contributed by atoms with Crippen molar-refractivity contribution in [2.24, 2.45) is 23.7 Å². The summed E-state index contributed by atoms with van der Waals surface area (Å²) in [6.45, 7) is 3.94. The Morgan fingerprint density at radius 3 is 2.72 bits per heavy atom. The molecule has 1 aliphatic heterocycles. The van der Waals surface area contributed by atoms with Gasteiger partial charge in [0.15, 0.2) is 0 Å². The molecule has 7 atom stereocenters. The van der Waals surface area contributed by atoms with Gasteiger partial charge >= 0.3 is 5.97 Å². The van der Waals surface area contributed by atoms with Crippen LogP contribution >= 0.6 is 11.6 Å². The summed E-state index contributed by atoms with van der Waals surface area (Å²) in [4.78, 5) is 23.1. The number of anilines is 1. The standard InChI is InChI=1S/C39H46ClN3O6S/c1-25-26(6-3-8-36(25)50(46,47)38-41-18-5-19-42-38)10-15-34(44)31-13-9-29(31)22-43-23-39(17-4-7-27-20-30(40)12-14-32(27)39)24-49-35-16-11-28(21-33(35)43)37(45)48-2/h5,10-12,14-16,18-21,25-26,29,31,34,36,44H,3-4,6-9,13,17,22-24H2,1-2H3/b15-10+/t25-,26-,29-,31+,34-,36+,39?/m0/s1. The Labute approximate surface area is 300 Å². The van der Waals surface area contributed by atoms with Gasteiger partial charge in [-0.25, -0.2) is 23.2 Å². The molecule has 0 bridgehead atoms. The third-order valence-electron chi connectivity index (χ3n) is 11.9. The first-order chi connectivity index (χ1) is 24.1. The van der Waals surface area contributed by atoms with Crippen LogP contribution in [0.2, 0.25) is 5.02 Å². The Morgan fingerprint density at radius 2 is 1.96 bits per heavy atom. The molecule has 3 aliphatic carbocycles. The first-order valence-corrected chi connectivity index (χ1v) is 19.8. The molecule has 2 aromatic carbocycles. The molecule has 266 valence electrons. The summed E-state index contributed by atoms with van der Waals surface area (Å²) in [5.74, 6) is 0.539. The van der Waals surface area contributed by atoms with Gasteiger partial charge in [0, 0.05) is 35.9 Å². The van der Waals surface area contributed by atoms with Crippen LogP contribution in [0.5, 0.6) is 5.75 Å². The quantitative estimate of drug-likeness (QED) is 0.156. The molecule has 0 saturated heterocycles. The number of benzene rings is 2. The molecule has 2 fully saturated rings. The van der Waals surface area contributed by atoms with Gasteiger partial charge in [0.2, 0.25) is 15.0 Å². The van der Waals surface area contributed by atoms with Crippen molar-refractivity contribution < 1.29 is 27.8 Å². The number of esters is 1. The number of halogens is 1. The average molecular weight is 720 g/mol. The number of carbonyl (C=O) groups excluding carboxylic acids is 1. The molecular formula is C39H46ClN3O6S. The van der Waals surface area contributed by atoms with Crippen LogP contribution in [0.4, 0.5) is 5.69 Å². The first-order valence-electron chi connectivity index (χ1n) is 17.9. The number of aromatic nitrogens is 2. The van der Waals surface area contributed by atoms with E-state index in [2.05, 4.69) is 33.1 Å². The number of ether oxygens (including phenoxy) is 2. The highest BCUT2D eigenvalue weighted by Gasteiger charge is 2.45. The second-order valence-corrected chi connectivity index (χ2v) is 17.2.